The van der Waals surface area contributed by atoms with Gasteiger partial charge in [-0.05, 0) is 42.0 Å². The Bertz CT molecular complexity index is 1430. The van der Waals surface area contributed by atoms with E-state index in [-0.39, 0.29) is 21.2 Å². The Balaban J connectivity index is 1.69. The van der Waals surface area contributed by atoms with E-state index in [1.54, 1.807) is 43.6 Å². The van der Waals surface area contributed by atoms with Gasteiger partial charge in [0, 0.05) is 24.2 Å². The number of nitrogens with one attached hydrogen (secondary N) is 2. The average molecular weight is 473 g/mol. The molecule has 1 heterocycles. The van der Waals surface area contributed by atoms with E-state index in [1.165, 1.54) is 31.4 Å². The van der Waals surface area contributed by atoms with Crippen LogP contribution in [-0.4, -0.2) is 32.5 Å². The van der Waals surface area contributed by atoms with Crippen molar-refractivity contribution in [2.24, 2.45) is 0 Å². The van der Waals surface area contributed by atoms with E-state index in [1.807, 2.05) is 0 Å². The molecule has 4 rings (SSSR count). The van der Waals surface area contributed by atoms with Gasteiger partial charge in [0.2, 0.25) is 5.95 Å². The smallest absolute Gasteiger partial charge is 0.262 e. The Morgan fingerprint density at radius 2 is 1.91 bits per heavy atom. The van der Waals surface area contributed by atoms with Gasteiger partial charge in [0.1, 0.15) is 5.75 Å². The SMILES string of the molecule is CNc1ncc2cc(-c3cccc(NS(=O)(=O)c4ccc(OC)c(Cl)c4)c3F)ccc2n1. The van der Waals surface area contributed by atoms with Crippen LogP contribution in [0, 0.1) is 5.82 Å². The molecule has 10 heteroatoms. The second-order valence-electron chi connectivity index (χ2n) is 6.79. The molecular formula is C22H18ClFN4O3S. The maximum absolute atomic E-state index is 15.3. The molecule has 1 aromatic heterocycles. The molecule has 0 unspecified atom stereocenters. The summed E-state index contributed by atoms with van der Waals surface area (Å²) in [7, 11) is -0.938. The van der Waals surface area contributed by atoms with E-state index in [9.17, 15) is 8.42 Å². The zero-order chi connectivity index (χ0) is 22.9. The normalized spacial score (nSPS) is 11.4. The monoisotopic (exact) mass is 472 g/mol. The summed E-state index contributed by atoms with van der Waals surface area (Å²) in [6.07, 6.45) is 1.63. The fourth-order valence-corrected chi connectivity index (χ4v) is 4.58. The molecule has 164 valence electrons. The first-order valence-electron chi connectivity index (χ1n) is 9.42. The second-order valence-corrected chi connectivity index (χ2v) is 8.88. The van der Waals surface area contributed by atoms with Gasteiger partial charge in [-0.1, -0.05) is 29.8 Å². The van der Waals surface area contributed by atoms with E-state index >= 15 is 4.39 Å². The number of anilines is 2. The van der Waals surface area contributed by atoms with Crippen molar-refractivity contribution in [1.82, 2.24) is 9.97 Å². The first-order chi connectivity index (χ1) is 15.3. The third-order valence-corrected chi connectivity index (χ3v) is 6.45. The van der Waals surface area contributed by atoms with Gasteiger partial charge < -0.3 is 10.1 Å². The molecule has 0 radical (unpaired) electrons. The molecule has 4 aromatic rings. The number of benzene rings is 3. The topological polar surface area (TPSA) is 93.2 Å². The van der Waals surface area contributed by atoms with Crippen LogP contribution >= 0.6 is 11.6 Å². The predicted molar refractivity (Wildman–Crippen MR) is 123 cm³/mol. The number of aromatic nitrogens is 2. The lowest BCUT2D eigenvalue weighted by molar-refractivity contribution is 0.414. The molecule has 32 heavy (non-hydrogen) atoms. The highest BCUT2D eigenvalue weighted by molar-refractivity contribution is 7.92. The zero-order valence-corrected chi connectivity index (χ0v) is 18.6. The standard InChI is InChI=1S/C22H18ClFN4O3S/c1-25-22-26-12-14-10-13(6-8-18(14)27-22)16-4-3-5-19(21(16)24)28-32(29,30)15-7-9-20(31-2)17(23)11-15/h3-12,28H,1-2H3,(H,25,26,27). The zero-order valence-electron chi connectivity index (χ0n) is 17.1. The summed E-state index contributed by atoms with van der Waals surface area (Å²) in [5.41, 5.74) is 1.31. The van der Waals surface area contributed by atoms with Gasteiger partial charge in [0.15, 0.2) is 5.82 Å². The number of hydrogen-bond donors (Lipinski definition) is 2. The third-order valence-electron chi connectivity index (χ3n) is 4.79. The molecule has 0 saturated carbocycles. The van der Waals surface area contributed by atoms with Crippen LogP contribution in [0.3, 0.4) is 0 Å². The van der Waals surface area contributed by atoms with Gasteiger partial charge in [0.25, 0.3) is 10.0 Å². The van der Waals surface area contributed by atoms with Crippen LogP contribution < -0.4 is 14.8 Å². The fraction of sp³-hybridized carbons (Fsp3) is 0.0909. The summed E-state index contributed by atoms with van der Waals surface area (Å²) in [6.45, 7) is 0. The number of fused-ring (bicyclic) bond motifs is 1. The molecule has 0 aliphatic rings. The van der Waals surface area contributed by atoms with Crippen LogP contribution in [0.15, 0.2) is 65.7 Å². The largest absolute Gasteiger partial charge is 0.495 e. The lowest BCUT2D eigenvalue weighted by Gasteiger charge is -2.13. The molecule has 0 aliphatic carbocycles. The van der Waals surface area contributed by atoms with Crippen molar-refractivity contribution in [2.45, 2.75) is 4.90 Å². The molecule has 0 spiro atoms. The second kappa shape index (κ2) is 8.60. The summed E-state index contributed by atoms with van der Waals surface area (Å²) in [6, 6.07) is 13.7. The number of hydrogen-bond acceptors (Lipinski definition) is 6. The number of sulfonamides is 1. The van der Waals surface area contributed by atoms with Crippen molar-refractivity contribution < 1.29 is 17.5 Å². The van der Waals surface area contributed by atoms with Crippen LogP contribution in [0.4, 0.5) is 16.0 Å². The Morgan fingerprint density at radius 1 is 1.09 bits per heavy atom. The van der Waals surface area contributed by atoms with Crippen LogP contribution in [0.2, 0.25) is 5.02 Å². The van der Waals surface area contributed by atoms with Gasteiger partial charge in [-0.2, -0.15) is 0 Å². The molecule has 0 bridgehead atoms. The Labute approximate surface area is 189 Å². The van der Waals surface area contributed by atoms with Gasteiger partial charge in [-0.25, -0.2) is 22.8 Å². The maximum atomic E-state index is 15.3. The van der Waals surface area contributed by atoms with Crippen molar-refractivity contribution in [3.63, 3.8) is 0 Å². The van der Waals surface area contributed by atoms with Crippen LogP contribution in [0.5, 0.6) is 5.75 Å². The Kier molecular flexibility index (Phi) is 5.86. The molecule has 2 N–H and O–H groups in total. The van der Waals surface area contributed by atoms with E-state index in [0.29, 0.717) is 22.8 Å². The molecular weight excluding hydrogens is 455 g/mol. The van der Waals surface area contributed by atoms with E-state index in [4.69, 9.17) is 16.3 Å². The summed E-state index contributed by atoms with van der Waals surface area (Å²) in [5.74, 6) is 0.107. The molecule has 0 atom stereocenters. The van der Waals surface area contributed by atoms with Gasteiger partial charge in [-0.15, -0.1) is 0 Å². The van der Waals surface area contributed by atoms with Gasteiger partial charge in [0.05, 0.1) is 28.2 Å². The van der Waals surface area contributed by atoms with Crippen molar-refractivity contribution in [2.75, 3.05) is 24.2 Å². The minimum absolute atomic E-state index is 0.115. The fourth-order valence-electron chi connectivity index (χ4n) is 3.17. The number of halogens is 2. The lowest BCUT2D eigenvalue weighted by Crippen LogP contribution is -2.14. The van der Waals surface area contributed by atoms with Crippen molar-refractivity contribution in [3.05, 3.63) is 71.6 Å². The average Bonchev–Trinajstić information content (AvgIpc) is 2.79. The third kappa shape index (κ3) is 4.17. The van der Waals surface area contributed by atoms with E-state index < -0.39 is 15.8 Å². The number of ether oxygens (including phenoxy) is 1. The van der Waals surface area contributed by atoms with Crippen molar-refractivity contribution in [1.29, 1.82) is 0 Å². The number of nitrogens with zero attached hydrogens (tertiary/aromatic N) is 2. The molecule has 0 aliphatic heterocycles. The number of rotatable bonds is 6. The first-order valence-corrected chi connectivity index (χ1v) is 11.3. The molecule has 7 nitrogen and oxygen atoms in total. The molecule has 3 aromatic carbocycles. The number of methoxy groups -OCH3 is 1. The van der Waals surface area contributed by atoms with Gasteiger partial charge >= 0.3 is 0 Å². The molecule has 0 fully saturated rings. The van der Waals surface area contributed by atoms with E-state index in [2.05, 4.69) is 20.0 Å². The summed E-state index contributed by atoms with van der Waals surface area (Å²) < 4.78 is 48.2. The highest BCUT2D eigenvalue weighted by Gasteiger charge is 2.20. The van der Waals surface area contributed by atoms with Crippen LogP contribution in [0.1, 0.15) is 0 Å². The summed E-state index contributed by atoms with van der Waals surface area (Å²) in [5, 5.41) is 3.72. The summed E-state index contributed by atoms with van der Waals surface area (Å²) in [4.78, 5) is 8.40. The minimum atomic E-state index is -4.08. The maximum Gasteiger partial charge on any atom is 0.262 e. The van der Waals surface area contributed by atoms with Crippen molar-refractivity contribution in [3.8, 4) is 16.9 Å². The van der Waals surface area contributed by atoms with Crippen LogP contribution in [-0.2, 0) is 10.0 Å². The lowest BCUT2D eigenvalue weighted by atomic mass is 10.0. The Hall–Kier alpha value is -3.43. The van der Waals surface area contributed by atoms with Gasteiger partial charge in [-0.3, -0.25) is 4.72 Å². The van der Waals surface area contributed by atoms with Crippen LogP contribution in [0.25, 0.3) is 22.0 Å². The molecule has 0 saturated heterocycles. The van der Waals surface area contributed by atoms with E-state index in [0.717, 1.165) is 5.39 Å². The minimum Gasteiger partial charge on any atom is -0.495 e. The quantitative estimate of drug-likeness (QED) is 0.413. The highest BCUT2D eigenvalue weighted by Crippen LogP contribution is 2.32. The molecule has 0 amide bonds. The predicted octanol–water partition coefficient (Wildman–Crippen LogP) is 4.94. The summed E-state index contributed by atoms with van der Waals surface area (Å²) >= 11 is 6.04. The Morgan fingerprint density at radius 3 is 2.62 bits per heavy atom. The first kappa shape index (κ1) is 21.8. The van der Waals surface area contributed by atoms with Crippen molar-refractivity contribution >= 4 is 44.2 Å². The highest BCUT2D eigenvalue weighted by atomic mass is 35.5.